The Bertz CT molecular complexity index is 220. The Balaban J connectivity index is 2.57. The van der Waals surface area contributed by atoms with Crippen molar-refractivity contribution in [3.05, 3.63) is 0 Å². The fraction of sp³-hybridized carbons (Fsp3) is 1.00. The zero-order valence-electron chi connectivity index (χ0n) is 10.2. The molecule has 1 fully saturated rings. The summed E-state index contributed by atoms with van der Waals surface area (Å²) >= 11 is 0. The highest BCUT2D eigenvalue weighted by Crippen LogP contribution is 2.24. The number of nitrogens with zero attached hydrogens (tertiary/aromatic N) is 1. The van der Waals surface area contributed by atoms with Crippen LogP contribution in [0.3, 0.4) is 0 Å². The van der Waals surface area contributed by atoms with Gasteiger partial charge in [-0.3, -0.25) is 4.90 Å². The van der Waals surface area contributed by atoms with E-state index >= 15 is 0 Å². The highest BCUT2D eigenvalue weighted by molar-refractivity contribution is 4.92. The third-order valence-electron chi connectivity index (χ3n) is 3.12. The average molecular weight is 238 g/mol. The Morgan fingerprint density at radius 3 is 2.38 bits per heavy atom. The van der Waals surface area contributed by atoms with E-state index in [0.717, 1.165) is 19.4 Å². The van der Waals surface area contributed by atoms with Crippen molar-refractivity contribution in [2.24, 2.45) is 0 Å². The molecule has 1 N–H and O–H groups in total. The Labute approximate surface area is 95.2 Å². The largest absolute Gasteiger partial charge is 0.401 e. The van der Waals surface area contributed by atoms with Crippen molar-refractivity contribution < 1.29 is 13.2 Å². The Morgan fingerprint density at radius 2 is 2.00 bits per heavy atom. The van der Waals surface area contributed by atoms with E-state index in [-0.39, 0.29) is 11.6 Å². The van der Waals surface area contributed by atoms with Gasteiger partial charge in [-0.1, -0.05) is 0 Å². The summed E-state index contributed by atoms with van der Waals surface area (Å²) in [4.78, 5) is 1.50. The highest BCUT2D eigenvalue weighted by atomic mass is 19.4. The lowest BCUT2D eigenvalue weighted by Gasteiger charge is -2.35. The number of rotatable bonds is 4. The molecule has 1 aliphatic rings. The first-order valence-electron chi connectivity index (χ1n) is 5.78. The van der Waals surface area contributed by atoms with E-state index in [1.165, 1.54) is 4.90 Å². The maximum atomic E-state index is 12.4. The fourth-order valence-corrected chi connectivity index (χ4v) is 2.19. The quantitative estimate of drug-likeness (QED) is 0.809. The molecule has 1 rings (SSSR count). The molecule has 0 spiro atoms. The van der Waals surface area contributed by atoms with Gasteiger partial charge >= 0.3 is 6.18 Å². The van der Waals surface area contributed by atoms with Crippen LogP contribution in [-0.4, -0.2) is 42.3 Å². The first kappa shape index (κ1) is 13.8. The van der Waals surface area contributed by atoms with Gasteiger partial charge < -0.3 is 5.32 Å². The van der Waals surface area contributed by atoms with E-state index in [1.54, 1.807) is 0 Å². The van der Waals surface area contributed by atoms with Gasteiger partial charge in [0.25, 0.3) is 0 Å². The summed E-state index contributed by atoms with van der Waals surface area (Å²) < 4.78 is 37.2. The fourth-order valence-electron chi connectivity index (χ4n) is 2.19. The molecule has 0 radical (unpaired) electrons. The van der Waals surface area contributed by atoms with E-state index in [2.05, 4.69) is 5.32 Å². The Kier molecular flexibility index (Phi) is 4.23. The second-order valence-corrected chi connectivity index (χ2v) is 5.20. The summed E-state index contributed by atoms with van der Waals surface area (Å²) in [6.07, 6.45) is -2.11. The van der Waals surface area contributed by atoms with Gasteiger partial charge in [-0.2, -0.15) is 13.2 Å². The van der Waals surface area contributed by atoms with Crippen LogP contribution in [-0.2, 0) is 0 Å². The maximum Gasteiger partial charge on any atom is 0.401 e. The van der Waals surface area contributed by atoms with Crippen LogP contribution in [0.2, 0.25) is 0 Å². The van der Waals surface area contributed by atoms with Crippen LogP contribution in [0.1, 0.15) is 33.6 Å². The standard InChI is InChI=1S/C11H21F3N2/c1-9(2)16(8-11(12,13)14)7-10(3)5-4-6-15-10/h9,15H,4-8H2,1-3H3. The molecule has 0 aromatic rings. The van der Waals surface area contributed by atoms with Crippen LogP contribution in [0, 0.1) is 0 Å². The summed E-state index contributed by atoms with van der Waals surface area (Å²) in [6.45, 7) is 6.18. The topological polar surface area (TPSA) is 15.3 Å². The van der Waals surface area contributed by atoms with Gasteiger partial charge in [0.15, 0.2) is 0 Å². The van der Waals surface area contributed by atoms with Crippen LogP contribution in [0.25, 0.3) is 0 Å². The number of halogens is 3. The van der Waals surface area contributed by atoms with Crippen molar-refractivity contribution >= 4 is 0 Å². The maximum absolute atomic E-state index is 12.4. The zero-order valence-corrected chi connectivity index (χ0v) is 10.2. The van der Waals surface area contributed by atoms with E-state index < -0.39 is 12.7 Å². The van der Waals surface area contributed by atoms with Gasteiger partial charge in [-0.05, 0) is 40.2 Å². The molecule has 1 aliphatic heterocycles. The predicted molar refractivity (Wildman–Crippen MR) is 58.4 cm³/mol. The molecule has 0 aromatic heterocycles. The molecule has 1 heterocycles. The second kappa shape index (κ2) is 4.92. The van der Waals surface area contributed by atoms with Gasteiger partial charge in [0.1, 0.15) is 0 Å². The van der Waals surface area contributed by atoms with Crippen LogP contribution < -0.4 is 5.32 Å². The van der Waals surface area contributed by atoms with Crippen LogP contribution in [0.5, 0.6) is 0 Å². The molecule has 1 saturated heterocycles. The van der Waals surface area contributed by atoms with Crippen molar-refractivity contribution in [1.29, 1.82) is 0 Å². The molecular formula is C11H21F3N2. The lowest BCUT2D eigenvalue weighted by atomic mass is 9.99. The van der Waals surface area contributed by atoms with Crippen molar-refractivity contribution in [3.8, 4) is 0 Å². The summed E-state index contributed by atoms with van der Waals surface area (Å²) in [6, 6.07) is -0.0825. The van der Waals surface area contributed by atoms with Crippen LogP contribution >= 0.6 is 0 Å². The lowest BCUT2D eigenvalue weighted by Crippen LogP contribution is -2.51. The van der Waals surface area contributed by atoms with Crippen molar-refractivity contribution in [1.82, 2.24) is 10.2 Å². The summed E-state index contributed by atoms with van der Waals surface area (Å²) in [5, 5.41) is 3.30. The van der Waals surface area contributed by atoms with E-state index in [1.807, 2.05) is 20.8 Å². The molecule has 0 bridgehead atoms. The minimum atomic E-state index is -4.11. The monoisotopic (exact) mass is 238 g/mol. The van der Waals surface area contributed by atoms with E-state index in [0.29, 0.717) is 6.54 Å². The highest BCUT2D eigenvalue weighted by Gasteiger charge is 2.36. The predicted octanol–water partition coefficient (Wildman–Crippen LogP) is 2.40. The number of hydrogen-bond donors (Lipinski definition) is 1. The van der Waals surface area contributed by atoms with Crippen LogP contribution in [0.15, 0.2) is 0 Å². The molecule has 0 saturated carbocycles. The third-order valence-corrected chi connectivity index (χ3v) is 3.12. The molecule has 0 amide bonds. The lowest BCUT2D eigenvalue weighted by molar-refractivity contribution is -0.151. The number of alkyl halides is 3. The summed E-state index contributed by atoms with van der Waals surface area (Å²) in [5.74, 6) is 0. The first-order chi connectivity index (χ1) is 7.22. The molecule has 16 heavy (non-hydrogen) atoms. The van der Waals surface area contributed by atoms with Gasteiger partial charge in [-0.25, -0.2) is 0 Å². The van der Waals surface area contributed by atoms with Crippen molar-refractivity contribution in [2.75, 3.05) is 19.6 Å². The molecule has 0 aromatic carbocycles. The first-order valence-corrected chi connectivity index (χ1v) is 5.78. The number of hydrogen-bond acceptors (Lipinski definition) is 2. The van der Waals surface area contributed by atoms with E-state index in [4.69, 9.17) is 0 Å². The number of nitrogens with one attached hydrogen (secondary N) is 1. The normalized spacial score (nSPS) is 27.0. The van der Waals surface area contributed by atoms with Gasteiger partial charge in [0.2, 0.25) is 0 Å². The molecule has 96 valence electrons. The molecular weight excluding hydrogens is 217 g/mol. The Morgan fingerprint density at radius 1 is 1.38 bits per heavy atom. The average Bonchev–Trinajstić information content (AvgIpc) is 2.48. The third kappa shape index (κ3) is 4.29. The van der Waals surface area contributed by atoms with E-state index in [9.17, 15) is 13.2 Å². The van der Waals surface area contributed by atoms with Crippen molar-refractivity contribution in [3.63, 3.8) is 0 Å². The molecule has 1 atom stereocenters. The minimum Gasteiger partial charge on any atom is -0.310 e. The summed E-state index contributed by atoms with van der Waals surface area (Å²) in [7, 11) is 0. The van der Waals surface area contributed by atoms with Gasteiger partial charge in [0.05, 0.1) is 6.54 Å². The van der Waals surface area contributed by atoms with Gasteiger partial charge in [0, 0.05) is 18.1 Å². The molecule has 2 nitrogen and oxygen atoms in total. The SMILES string of the molecule is CC(C)N(CC(F)(F)F)CC1(C)CCCN1. The zero-order chi connectivity index (χ0) is 12.4. The van der Waals surface area contributed by atoms with Crippen molar-refractivity contribution in [2.45, 2.75) is 51.4 Å². The summed E-state index contributed by atoms with van der Waals surface area (Å²) in [5.41, 5.74) is -0.157. The molecule has 0 aliphatic carbocycles. The van der Waals surface area contributed by atoms with Gasteiger partial charge in [-0.15, -0.1) is 0 Å². The Hall–Kier alpha value is -0.290. The van der Waals surface area contributed by atoms with Crippen LogP contribution in [0.4, 0.5) is 13.2 Å². The molecule has 1 unspecified atom stereocenters. The molecule has 5 heteroatoms. The smallest absolute Gasteiger partial charge is 0.310 e. The minimum absolute atomic E-state index is 0.0825. The second-order valence-electron chi connectivity index (χ2n) is 5.20.